The zero-order valence-electron chi connectivity index (χ0n) is 15.9. The minimum absolute atomic E-state index is 0.141. The van der Waals surface area contributed by atoms with Crippen LogP contribution in [0.4, 0.5) is 0 Å². The standard InChI is InChI=1S/C22H22ClN3O3/c23-16-6-7-19(28-11-9-24)17(13-16)22(27)26-10-8-20-18(14-26)25-21(29-20)12-15-4-2-1-3-5-15/h1-7,13H,8-12,14,24H2. The van der Waals surface area contributed by atoms with Crippen molar-refractivity contribution in [3.05, 3.63) is 82.0 Å². The monoisotopic (exact) mass is 411 g/mol. The predicted molar refractivity (Wildman–Crippen MR) is 110 cm³/mol. The van der Waals surface area contributed by atoms with Crippen LogP contribution in [0, 0.1) is 0 Å². The first-order valence-electron chi connectivity index (χ1n) is 9.57. The topological polar surface area (TPSA) is 81.6 Å². The van der Waals surface area contributed by atoms with Gasteiger partial charge in [-0.15, -0.1) is 0 Å². The van der Waals surface area contributed by atoms with Crippen molar-refractivity contribution in [3.8, 4) is 5.75 Å². The maximum atomic E-state index is 13.1. The minimum atomic E-state index is -0.141. The molecule has 2 heterocycles. The maximum absolute atomic E-state index is 13.1. The molecule has 29 heavy (non-hydrogen) atoms. The molecule has 2 aromatic carbocycles. The first kappa shape index (κ1) is 19.5. The van der Waals surface area contributed by atoms with Crippen molar-refractivity contribution in [1.82, 2.24) is 9.88 Å². The van der Waals surface area contributed by atoms with E-state index in [1.54, 1.807) is 23.1 Å². The summed E-state index contributed by atoms with van der Waals surface area (Å²) < 4.78 is 11.6. The number of fused-ring (bicyclic) bond motifs is 1. The highest BCUT2D eigenvalue weighted by molar-refractivity contribution is 6.31. The first-order valence-corrected chi connectivity index (χ1v) is 9.95. The van der Waals surface area contributed by atoms with Crippen LogP contribution in [0.1, 0.15) is 33.3 Å². The zero-order chi connectivity index (χ0) is 20.2. The van der Waals surface area contributed by atoms with E-state index >= 15 is 0 Å². The lowest BCUT2D eigenvalue weighted by Crippen LogP contribution is -2.36. The Morgan fingerprint density at radius 3 is 2.86 bits per heavy atom. The lowest BCUT2D eigenvalue weighted by molar-refractivity contribution is 0.0723. The summed E-state index contributed by atoms with van der Waals surface area (Å²) in [6.45, 7) is 1.65. The molecule has 6 nitrogen and oxygen atoms in total. The SMILES string of the molecule is NCCOc1ccc(Cl)cc1C(=O)N1CCc2oc(Cc3ccccc3)nc2C1. The van der Waals surface area contributed by atoms with Crippen LogP contribution in [-0.4, -0.2) is 35.5 Å². The molecule has 7 heteroatoms. The Morgan fingerprint density at radius 2 is 2.07 bits per heavy atom. The molecule has 1 amide bonds. The summed E-state index contributed by atoms with van der Waals surface area (Å²) in [6, 6.07) is 15.1. The Bertz CT molecular complexity index is 1000. The number of carbonyl (C=O) groups is 1. The molecule has 4 rings (SSSR count). The Morgan fingerprint density at radius 1 is 1.24 bits per heavy atom. The van der Waals surface area contributed by atoms with Gasteiger partial charge in [0.15, 0.2) is 5.89 Å². The lowest BCUT2D eigenvalue weighted by Gasteiger charge is -2.26. The van der Waals surface area contributed by atoms with Gasteiger partial charge in [0.25, 0.3) is 5.91 Å². The molecule has 0 bridgehead atoms. The Balaban J connectivity index is 1.51. The summed E-state index contributed by atoms with van der Waals surface area (Å²) in [6.07, 6.45) is 1.26. The van der Waals surface area contributed by atoms with Gasteiger partial charge in [-0.25, -0.2) is 4.98 Å². The molecule has 3 aromatic rings. The second-order valence-corrected chi connectivity index (χ2v) is 7.33. The maximum Gasteiger partial charge on any atom is 0.258 e. The van der Waals surface area contributed by atoms with E-state index in [9.17, 15) is 4.79 Å². The number of oxazole rings is 1. The number of benzene rings is 2. The van der Waals surface area contributed by atoms with Crippen LogP contribution in [0.25, 0.3) is 0 Å². The third kappa shape index (κ3) is 4.44. The zero-order valence-corrected chi connectivity index (χ0v) is 16.7. The van der Waals surface area contributed by atoms with Gasteiger partial charge in [-0.2, -0.15) is 0 Å². The molecule has 1 aromatic heterocycles. The number of nitrogens with zero attached hydrogens (tertiary/aromatic N) is 2. The van der Waals surface area contributed by atoms with Crippen LogP contribution in [-0.2, 0) is 19.4 Å². The second-order valence-electron chi connectivity index (χ2n) is 6.89. The summed E-state index contributed by atoms with van der Waals surface area (Å²) in [4.78, 5) is 19.5. The molecular weight excluding hydrogens is 390 g/mol. The highest BCUT2D eigenvalue weighted by atomic mass is 35.5. The van der Waals surface area contributed by atoms with E-state index < -0.39 is 0 Å². The van der Waals surface area contributed by atoms with E-state index in [1.807, 2.05) is 30.3 Å². The number of amides is 1. The molecule has 0 unspecified atom stereocenters. The number of aromatic nitrogens is 1. The van der Waals surface area contributed by atoms with Crippen LogP contribution in [0.5, 0.6) is 5.75 Å². The van der Waals surface area contributed by atoms with Crippen molar-refractivity contribution >= 4 is 17.5 Å². The van der Waals surface area contributed by atoms with Crippen molar-refractivity contribution in [2.24, 2.45) is 5.73 Å². The number of halogens is 1. The number of hydrogen-bond donors (Lipinski definition) is 1. The van der Waals surface area contributed by atoms with E-state index in [0.29, 0.717) is 61.3 Å². The fourth-order valence-electron chi connectivity index (χ4n) is 3.41. The highest BCUT2D eigenvalue weighted by Crippen LogP contribution is 2.27. The van der Waals surface area contributed by atoms with E-state index in [1.165, 1.54) is 0 Å². The van der Waals surface area contributed by atoms with Gasteiger partial charge in [-0.3, -0.25) is 4.79 Å². The molecule has 0 atom stereocenters. The van der Waals surface area contributed by atoms with E-state index in [2.05, 4.69) is 4.98 Å². The Hall–Kier alpha value is -2.83. The average Bonchev–Trinajstić information content (AvgIpc) is 3.14. The summed E-state index contributed by atoms with van der Waals surface area (Å²) in [5, 5.41) is 0.484. The van der Waals surface area contributed by atoms with Crippen LogP contribution in [0.15, 0.2) is 52.9 Å². The highest BCUT2D eigenvalue weighted by Gasteiger charge is 2.28. The largest absolute Gasteiger partial charge is 0.491 e. The number of nitrogens with two attached hydrogens (primary N) is 1. The van der Waals surface area contributed by atoms with Crippen molar-refractivity contribution in [2.45, 2.75) is 19.4 Å². The predicted octanol–water partition coefficient (Wildman–Crippen LogP) is 3.45. The van der Waals surface area contributed by atoms with Crippen LogP contribution in [0.3, 0.4) is 0 Å². The smallest absolute Gasteiger partial charge is 0.258 e. The van der Waals surface area contributed by atoms with Gasteiger partial charge in [-0.05, 0) is 23.8 Å². The molecule has 0 fully saturated rings. The van der Waals surface area contributed by atoms with Gasteiger partial charge in [0.1, 0.15) is 23.8 Å². The summed E-state index contributed by atoms with van der Waals surface area (Å²) >= 11 is 6.12. The molecule has 1 aliphatic heterocycles. The number of carbonyl (C=O) groups excluding carboxylic acids is 1. The number of rotatable bonds is 6. The lowest BCUT2D eigenvalue weighted by atomic mass is 10.1. The summed E-state index contributed by atoms with van der Waals surface area (Å²) in [5.41, 5.74) is 7.90. The molecule has 0 aliphatic carbocycles. The second kappa shape index (κ2) is 8.68. The van der Waals surface area contributed by atoms with Gasteiger partial charge < -0.3 is 19.8 Å². The summed E-state index contributed by atoms with van der Waals surface area (Å²) in [7, 11) is 0. The Kier molecular flexibility index (Phi) is 5.83. The van der Waals surface area contributed by atoms with Gasteiger partial charge in [0, 0.05) is 31.0 Å². The van der Waals surface area contributed by atoms with Gasteiger partial charge in [0.05, 0.1) is 12.1 Å². The normalized spacial score (nSPS) is 13.2. The molecule has 2 N–H and O–H groups in total. The first-order chi connectivity index (χ1) is 14.1. The van der Waals surface area contributed by atoms with Crippen molar-refractivity contribution < 1.29 is 13.9 Å². The molecular formula is C22H22ClN3O3. The van der Waals surface area contributed by atoms with Gasteiger partial charge in [0.2, 0.25) is 0 Å². The molecule has 1 aliphatic rings. The van der Waals surface area contributed by atoms with Crippen LogP contribution in [0.2, 0.25) is 5.02 Å². The third-order valence-corrected chi connectivity index (χ3v) is 5.04. The van der Waals surface area contributed by atoms with Gasteiger partial charge >= 0.3 is 0 Å². The summed E-state index contributed by atoms with van der Waals surface area (Å²) in [5.74, 6) is 1.87. The van der Waals surface area contributed by atoms with Gasteiger partial charge in [-0.1, -0.05) is 41.9 Å². The molecule has 0 saturated carbocycles. The number of hydrogen-bond acceptors (Lipinski definition) is 5. The van der Waals surface area contributed by atoms with Crippen LogP contribution < -0.4 is 10.5 Å². The fourth-order valence-corrected chi connectivity index (χ4v) is 3.58. The quantitative estimate of drug-likeness (QED) is 0.671. The molecule has 0 radical (unpaired) electrons. The third-order valence-electron chi connectivity index (χ3n) is 4.80. The van der Waals surface area contributed by atoms with E-state index in [4.69, 9.17) is 26.5 Å². The minimum Gasteiger partial charge on any atom is -0.491 e. The van der Waals surface area contributed by atoms with Crippen LogP contribution >= 0.6 is 11.6 Å². The van der Waals surface area contributed by atoms with Crippen molar-refractivity contribution in [3.63, 3.8) is 0 Å². The fraction of sp³-hybridized carbons (Fsp3) is 0.273. The number of ether oxygens (including phenoxy) is 1. The average molecular weight is 412 g/mol. The Labute approximate surface area is 174 Å². The molecule has 0 spiro atoms. The van der Waals surface area contributed by atoms with E-state index in [-0.39, 0.29) is 5.91 Å². The van der Waals surface area contributed by atoms with Crippen molar-refractivity contribution in [1.29, 1.82) is 0 Å². The molecule has 0 saturated heterocycles. The molecule has 150 valence electrons. The van der Waals surface area contributed by atoms with Crippen molar-refractivity contribution in [2.75, 3.05) is 19.7 Å². The van der Waals surface area contributed by atoms with E-state index in [0.717, 1.165) is 17.0 Å².